The molecule has 1 amide bonds. The lowest BCUT2D eigenvalue weighted by Gasteiger charge is -2.30. The highest BCUT2D eigenvalue weighted by atomic mass is 19.4. The Balaban J connectivity index is 1.51. The van der Waals surface area contributed by atoms with Crippen LogP contribution in [0.5, 0.6) is 11.5 Å². The van der Waals surface area contributed by atoms with Gasteiger partial charge in [0, 0.05) is 12.6 Å². The van der Waals surface area contributed by atoms with Crippen molar-refractivity contribution in [2.45, 2.75) is 37.5 Å². The van der Waals surface area contributed by atoms with Crippen molar-refractivity contribution in [3.8, 4) is 11.5 Å². The molecule has 142 valence electrons. The van der Waals surface area contributed by atoms with Crippen LogP contribution in [0, 0.1) is 0 Å². The fraction of sp³-hybridized carbons (Fsp3) is 0.611. The van der Waals surface area contributed by atoms with Crippen molar-refractivity contribution < 1.29 is 27.4 Å². The molecule has 3 aliphatic heterocycles. The Morgan fingerprint density at radius 1 is 1.04 bits per heavy atom. The van der Waals surface area contributed by atoms with Crippen molar-refractivity contribution in [1.82, 2.24) is 9.80 Å². The van der Waals surface area contributed by atoms with Gasteiger partial charge in [0.2, 0.25) is 5.91 Å². The van der Waals surface area contributed by atoms with Crippen LogP contribution in [-0.2, 0) is 4.79 Å². The first-order valence-electron chi connectivity index (χ1n) is 8.93. The maximum absolute atomic E-state index is 12.7. The Bertz CT molecular complexity index is 695. The Labute approximate surface area is 149 Å². The molecule has 0 radical (unpaired) electrons. The summed E-state index contributed by atoms with van der Waals surface area (Å²) in [5, 5.41) is 0. The Kier molecular flexibility index (Phi) is 4.46. The SMILES string of the molecule is O=C1[C@H](N2CCC[C@@H]2c2ccc3c(c2)OCCO3)CCN1CC(F)(F)F. The predicted molar refractivity (Wildman–Crippen MR) is 87.2 cm³/mol. The molecule has 2 fully saturated rings. The van der Waals surface area contributed by atoms with E-state index in [-0.39, 0.29) is 12.6 Å². The molecule has 1 aromatic rings. The first kappa shape index (κ1) is 17.5. The highest BCUT2D eigenvalue weighted by molar-refractivity contribution is 5.84. The minimum atomic E-state index is -4.36. The van der Waals surface area contributed by atoms with Gasteiger partial charge in [-0.2, -0.15) is 13.2 Å². The highest BCUT2D eigenvalue weighted by Gasteiger charge is 2.44. The molecule has 3 heterocycles. The van der Waals surface area contributed by atoms with Crippen molar-refractivity contribution in [3.05, 3.63) is 23.8 Å². The lowest BCUT2D eigenvalue weighted by Crippen LogP contribution is -2.43. The number of alkyl halides is 3. The van der Waals surface area contributed by atoms with E-state index in [1.54, 1.807) is 0 Å². The van der Waals surface area contributed by atoms with Gasteiger partial charge in [-0.3, -0.25) is 9.69 Å². The normalized spacial score (nSPS) is 26.6. The molecule has 3 aliphatic rings. The van der Waals surface area contributed by atoms with Crippen LogP contribution in [0.3, 0.4) is 0 Å². The average Bonchev–Trinajstić information content (AvgIpc) is 3.21. The molecule has 1 aromatic carbocycles. The van der Waals surface area contributed by atoms with Crippen molar-refractivity contribution >= 4 is 5.91 Å². The zero-order chi connectivity index (χ0) is 18.3. The second-order valence-electron chi connectivity index (χ2n) is 6.98. The summed E-state index contributed by atoms with van der Waals surface area (Å²) >= 11 is 0. The molecule has 0 saturated carbocycles. The van der Waals surface area contributed by atoms with Crippen LogP contribution < -0.4 is 9.47 Å². The summed E-state index contributed by atoms with van der Waals surface area (Å²) < 4.78 is 49.1. The third-order valence-corrected chi connectivity index (χ3v) is 5.28. The summed E-state index contributed by atoms with van der Waals surface area (Å²) in [5.74, 6) is 0.988. The topological polar surface area (TPSA) is 42.0 Å². The fourth-order valence-corrected chi connectivity index (χ4v) is 4.19. The quantitative estimate of drug-likeness (QED) is 0.821. The van der Waals surface area contributed by atoms with E-state index in [9.17, 15) is 18.0 Å². The molecule has 8 heteroatoms. The number of amides is 1. The molecule has 0 spiro atoms. The number of rotatable bonds is 3. The van der Waals surface area contributed by atoms with Crippen molar-refractivity contribution in [2.75, 3.05) is 32.8 Å². The van der Waals surface area contributed by atoms with Gasteiger partial charge < -0.3 is 14.4 Å². The van der Waals surface area contributed by atoms with Crippen LogP contribution in [0.1, 0.15) is 30.9 Å². The van der Waals surface area contributed by atoms with E-state index in [1.807, 2.05) is 18.2 Å². The number of carbonyl (C=O) groups excluding carboxylic acids is 1. The van der Waals surface area contributed by atoms with E-state index in [4.69, 9.17) is 9.47 Å². The van der Waals surface area contributed by atoms with Gasteiger partial charge >= 0.3 is 6.18 Å². The minimum absolute atomic E-state index is 0.0191. The summed E-state index contributed by atoms with van der Waals surface area (Å²) in [5.41, 5.74) is 1.02. The van der Waals surface area contributed by atoms with Crippen LogP contribution in [-0.4, -0.2) is 60.8 Å². The highest BCUT2D eigenvalue weighted by Crippen LogP contribution is 2.40. The summed E-state index contributed by atoms with van der Waals surface area (Å²) in [7, 11) is 0. The average molecular weight is 370 g/mol. The van der Waals surface area contributed by atoms with Gasteiger partial charge in [0.15, 0.2) is 11.5 Å². The van der Waals surface area contributed by atoms with Crippen molar-refractivity contribution in [3.63, 3.8) is 0 Å². The zero-order valence-electron chi connectivity index (χ0n) is 14.3. The molecule has 0 bridgehead atoms. The smallest absolute Gasteiger partial charge is 0.406 e. The van der Waals surface area contributed by atoms with Crippen LogP contribution in [0.15, 0.2) is 18.2 Å². The molecule has 4 rings (SSSR count). The van der Waals surface area contributed by atoms with Gasteiger partial charge in [-0.05, 0) is 43.5 Å². The van der Waals surface area contributed by atoms with Crippen molar-refractivity contribution in [1.29, 1.82) is 0 Å². The Hall–Kier alpha value is -1.96. The summed E-state index contributed by atoms with van der Waals surface area (Å²) in [6.07, 6.45) is -2.12. The number of hydrogen-bond donors (Lipinski definition) is 0. The van der Waals surface area contributed by atoms with Gasteiger partial charge in [0.1, 0.15) is 19.8 Å². The number of halogens is 3. The van der Waals surface area contributed by atoms with Crippen LogP contribution in [0.25, 0.3) is 0 Å². The molecule has 0 unspecified atom stereocenters. The van der Waals surface area contributed by atoms with E-state index >= 15 is 0 Å². The number of hydrogen-bond acceptors (Lipinski definition) is 4. The molecule has 0 N–H and O–H groups in total. The van der Waals surface area contributed by atoms with Gasteiger partial charge in [0.05, 0.1) is 6.04 Å². The number of carbonyl (C=O) groups is 1. The first-order valence-corrected chi connectivity index (χ1v) is 8.93. The van der Waals surface area contributed by atoms with Crippen molar-refractivity contribution in [2.24, 2.45) is 0 Å². The molecule has 0 aliphatic carbocycles. The maximum atomic E-state index is 12.7. The van der Waals surface area contributed by atoms with E-state index in [1.165, 1.54) is 0 Å². The second kappa shape index (κ2) is 6.64. The molecule has 26 heavy (non-hydrogen) atoms. The fourth-order valence-electron chi connectivity index (χ4n) is 4.19. The summed E-state index contributed by atoms with van der Waals surface area (Å²) in [6.45, 7) is 0.736. The lowest BCUT2D eigenvalue weighted by molar-refractivity contribution is -0.159. The summed E-state index contributed by atoms with van der Waals surface area (Å²) in [4.78, 5) is 15.5. The van der Waals surface area contributed by atoms with Crippen LogP contribution in [0.4, 0.5) is 13.2 Å². The van der Waals surface area contributed by atoms with Gasteiger partial charge in [-0.1, -0.05) is 6.07 Å². The third-order valence-electron chi connectivity index (χ3n) is 5.28. The molecule has 2 saturated heterocycles. The number of ether oxygens (including phenoxy) is 2. The molecule has 2 atom stereocenters. The molecule has 5 nitrogen and oxygen atoms in total. The zero-order valence-corrected chi connectivity index (χ0v) is 14.3. The molecule has 0 aromatic heterocycles. The lowest BCUT2D eigenvalue weighted by atomic mass is 10.0. The van der Waals surface area contributed by atoms with E-state index in [0.717, 1.165) is 29.8 Å². The van der Waals surface area contributed by atoms with Gasteiger partial charge in [-0.25, -0.2) is 0 Å². The second-order valence-corrected chi connectivity index (χ2v) is 6.98. The van der Waals surface area contributed by atoms with Gasteiger partial charge in [0.25, 0.3) is 0 Å². The van der Waals surface area contributed by atoms with Gasteiger partial charge in [-0.15, -0.1) is 0 Å². The number of nitrogens with zero attached hydrogens (tertiary/aromatic N) is 2. The van der Waals surface area contributed by atoms with E-state index in [2.05, 4.69) is 4.90 Å². The first-order chi connectivity index (χ1) is 12.4. The van der Waals surface area contributed by atoms with E-state index < -0.39 is 24.7 Å². The summed E-state index contributed by atoms with van der Waals surface area (Å²) in [6, 6.07) is 5.31. The Morgan fingerprint density at radius 3 is 2.58 bits per heavy atom. The Morgan fingerprint density at radius 2 is 1.81 bits per heavy atom. The largest absolute Gasteiger partial charge is 0.486 e. The minimum Gasteiger partial charge on any atom is -0.486 e. The number of likely N-dealkylation sites (tertiary alicyclic amines) is 2. The van der Waals surface area contributed by atoms with Crippen LogP contribution >= 0.6 is 0 Å². The van der Waals surface area contributed by atoms with E-state index in [0.29, 0.717) is 31.1 Å². The number of benzene rings is 1. The monoisotopic (exact) mass is 370 g/mol. The maximum Gasteiger partial charge on any atom is 0.406 e. The standard InChI is InChI=1S/C18H21F3N2O3/c19-18(20,21)11-22-7-5-14(17(22)24)23-6-1-2-13(23)12-3-4-15-16(10-12)26-9-8-25-15/h3-4,10,13-14H,1-2,5-9,11H2/t13-,14-/m1/s1. The van der Waals surface area contributed by atoms with Crippen LogP contribution in [0.2, 0.25) is 0 Å². The number of fused-ring (bicyclic) bond motifs is 1. The molecular weight excluding hydrogens is 349 g/mol. The molecular formula is C18H21F3N2O3. The third kappa shape index (κ3) is 3.34. The predicted octanol–water partition coefficient (Wildman–Crippen LogP) is 2.76.